The van der Waals surface area contributed by atoms with Crippen LogP contribution in [0.5, 0.6) is 0 Å². The Balaban J connectivity index is 2.03. The van der Waals surface area contributed by atoms with Crippen LogP contribution in [0.2, 0.25) is 5.02 Å². The van der Waals surface area contributed by atoms with Crippen LogP contribution in [0.3, 0.4) is 0 Å². The van der Waals surface area contributed by atoms with Crippen LogP contribution in [0.15, 0.2) is 42.0 Å². The topological polar surface area (TPSA) is 56.1 Å². The smallest absolute Gasteiger partial charge is 0.266 e. The van der Waals surface area contributed by atoms with Crippen LogP contribution in [0.4, 0.5) is 11.4 Å². The molecular formula is C27H30ClN3O. The molecule has 166 valence electrons. The number of benzene rings is 2. The van der Waals surface area contributed by atoms with E-state index in [0.29, 0.717) is 16.8 Å². The second kappa shape index (κ2) is 8.84. The highest BCUT2D eigenvalue weighted by Crippen LogP contribution is 2.41. The maximum Gasteiger partial charge on any atom is 0.266 e. The van der Waals surface area contributed by atoms with Crippen LogP contribution in [0.25, 0.3) is 11.6 Å². The fourth-order valence-electron chi connectivity index (χ4n) is 4.53. The van der Waals surface area contributed by atoms with Crippen molar-refractivity contribution >= 4 is 40.5 Å². The van der Waals surface area contributed by atoms with E-state index >= 15 is 0 Å². The summed E-state index contributed by atoms with van der Waals surface area (Å²) >= 11 is 6.06. The highest BCUT2D eigenvalue weighted by atomic mass is 35.5. The zero-order valence-electron chi connectivity index (χ0n) is 19.8. The summed E-state index contributed by atoms with van der Waals surface area (Å²) in [5.74, 6) is -0.452. The van der Waals surface area contributed by atoms with Crippen LogP contribution >= 0.6 is 11.6 Å². The predicted octanol–water partition coefficient (Wildman–Crippen LogP) is 6.91. The summed E-state index contributed by atoms with van der Waals surface area (Å²) < 4.78 is 0. The number of nitrogens with one attached hydrogen (secondary N) is 1. The third-order valence-electron chi connectivity index (χ3n) is 5.89. The molecule has 0 atom stereocenters. The molecule has 2 aromatic carbocycles. The summed E-state index contributed by atoms with van der Waals surface area (Å²) in [5, 5.41) is 13.0. The third kappa shape index (κ3) is 4.59. The molecule has 2 aromatic rings. The lowest BCUT2D eigenvalue weighted by atomic mass is 9.85. The van der Waals surface area contributed by atoms with Gasteiger partial charge in [-0.25, -0.2) is 0 Å². The van der Waals surface area contributed by atoms with Crippen LogP contribution in [-0.4, -0.2) is 17.5 Å². The van der Waals surface area contributed by atoms with E-state index in [0.717, 1.165) is 22.3 Å². The fraction of sp³-hybridized carbons (Fsp3) is 0.333. The first-order valence-electron chi connectivity index (χ1n) is 10.8. The lowest BCUT2D eigenvalue weighted by Gasteiger charge is -2.46. The SMILES string of the molecule is CC1=CC(C)(C)N(C(C)C)c2cc(C)c(/C=C(/C#N)C(=O)Nc3cc(Cl)ccc3C)cc21. The molecule has 0 saturated carbocycles. The quantitative estimate of drug-likeness (QED) is 0.409. The van der Waals surface area contributed by atoms with Gasteiger partial charge < -0.3 is 10.2 Å². The number of rotatable bonds is 4. The Hall–Kier alpha value is -3.03. The van der Waals surface area contributed by atoms with Gasteiger partial charge in [0.05, 0.1) is 5.54 Å². The first-order valence-corrected chi connectivity index (χ1v) is 11.2. The van der Waals surface area contributed by atoms with Gasteiger partial charge in [0.15, 0.2) is 0 Å². The molecule has 0 aromatic heterocycles. The minimum atomic E-state index is -0.452. The molecule has 0 radical (unpaired) electrons. The van der Waals surface area contributed by atoms with E-state index in [4.69, 9.17) is 11.6 Å². The van der Waals surface area contributed by atoms with Gasteiger partial charge in [0.25, 0.3) is 5.91 Å². The highest BCUT2D eigenvalue weighted by molar-refractivity contribution is 6.31. The number of nitriles is 1. The van der Waals surface area contributed by atoms with Gasteiger partial charge >= 0.3 is 0 Å². The van der Waals surface area contributed by atoms with Gasteiger partial charge in [0.1, 0.15) is 11.6 Å². The Bertz CT molecular complexity index is 1180. The Kier molecular flexibility index (Phi) is 6.53. The van der Waals surface area contributed by atoms with Gasteiger partial charge in [-0.05, 0) is 101 Å². The Morgan fingerprint density at radius 2 is 1.84 bits per heavy atom. The molecule has 1 aliphatic rings. The number of amides is 1. The summed E-state index contributed by atoms with van der Waals surface area (Å²) in [7, 11) is 0. The number of carbonyl (C=O) groups excluding carboxylic acids is 1. The van der Waals surface area contributed by atoms with Gasteiger partial charge in [-0.2, -0.15) is 5.26 Å². The van der Waals surface area contributed by atoms with Crippen molar-refractivity contribution in [2.75, 3.05) is 10.2 Å². The van der Waals surface area contributed by atoms with Crippen molar-refractivity contribution in [3.05, 3.63) is 69.3 Å². The molecule has 1 aliphatic heterocycles. The van der Waals surface area contributed by atoms with Gasteiger partial charge in [-0.3, -0.25) is 4.79 Å². The lowest BCUT2D eigenvalue weighted by Crippen LogP contribution is -2.49. The van der Waals surface area contributed by atoms with E-state index in [1.165, 1.54) is 11.3 Å². The number of hydrogen-bond donors (Lipinski definition) is 1. The fourth-order valence-corrected chi connectivity index (χ4v) is 4.71. The molecule has 0 spiro atoms. The van der Waals surface area contributed by atoms with Crippen LogP contribution in [0, 0.1) is 25.2 Å². The number of halogens is 1. The molecule has 0 unspecified atom stereocenters. The van der Waals surface area contributed by atoms with E-state index in [1.807, 2.05) is 19.9 Å². The number of nitrogens with zero attached hydrogens (tertiary/aromatic N) is 2. The lowest BCUT2D eigenvalue weighted by molar-refractivity contribution is -0.112. The number of allylic oxidation sites excluding steroid dienone is 1. The summed E-state index contributed by atoms with van der Waals surface area (Å²) in [6.07, 6.45) is 3.94. The van der Waals surface area contributed by atoms with Crippen molar-refractivity contribution in [2.45, 2.75) is 60.0 Å². The maximum atomic E-state index is 12.8. The first-order chi connectivity index (χ1) is 14.9. The van der Waals surface area contributed by atoms with Gasteiger partial charge in [0.2, 0.25) is 0 Å². The number of fused-ring (bicyclic) bond motifs is 1. The molecule has 1 heterocycles. The van der Waals surface area contributed by atoms with Crippen LogP contribution < -0.4 is 10.2 Å². The van der Waals surface area contributed by atoms with Crippen molar-refractivity contribution in [3.8, 4) is 6.07 Å². The number of hydrogen-bond acceptors (Lipinski definition) is 3. The number of aryl methyl sites for hydroxylation is 2. The van der Waals surface area contributed by atoms with E-state index in [-0.39, 0.29) is 11.1 Å². The standard InChI is InChI=1S/C27H30ClN3O/c1-16(2)31-25-10-18(4)20(12-23(25)19(5)14-27(31,6)7)11-21(15-29)26(32)30-24-13-22(28)9-8-17(24)3/h8-14,16H,1-7H3,(H,30,32)/b21-11-. The van der Waals surface area contributed by atoms with Crippen molar-refractivity contribution in [1.29, 1.82) is 5.26 Å². The summed E-state index contributed by atoms with van der Waals surface area (Å²) in [5.41, 5.74) is 6.78. The molecule has 1 amide bonds. The molecule has 4 nitrogen and oxygen atoms in total. The largest absolute Gasteiger partial charge is 0.360 e. The van der Waals surface area contributed by atoms with E-state index < -0.39 is 5.91 Å². The molecule has 3 rings (SSSR count). The first kappa shape index (κ1) is 23.6. The normalized spacial score (nSPS) is 15.2. The molecule has 0 fully saturated rings. The monoisotopic (exact) mass is 447 g/mol. The van der Waals surface area contributed by atoms with E-state index in [2.05, 4.69) is 69.1 Å². The van der Waals surface area contributed by atoms with Crippen molar-refractivity contribution in [3.63, 3.8) is 0 Å². The highest BCUT2D eigenvalue weighted by Gasteiger charge is 2.33. The molecule has 0 aliphatic carbocycles. The molecule has 0 saturated heterocycles. The summed E-state index contributed by atoms with van der Waals surface area (Å²) in [6, 6.07) is 11.9. The maximum absolute atomic E-state index is 12.8. The Morgan fingerprint density at radius 1 is 1.16 bits per heavy atom. The third-order valence-corrected chi connectivity index (χ3v) is 6.12. The zero-order chi connectivity index (χ0) is 23.8. The molecule has 32 heavy (non-hydrogen) atoms. The summed E-state index contributed by atoms with van der Waals surface area (Å²) in [6.45, 7) is 14.8. The molecule has 5 heteroatoms. The Morgan fingerprint density at radius 3 is 2.47 bits per heavy atom. The molecular weight excluding hydrogens is 418 g/mol. The van der Waals surface area contributed by atoms with Crippen LogP contribution in [-0.2, 0) is 4.79 Å². The van der Waals surface area contributed by atoms with Crippen molar-refractivity contribution in [2.24, 2.45) is 0 Å². The van der Waals surface area contributed by atoms with Gasteiger partial charge in [-0.15, -0.1) is 0 Å². The average molecular weight is 448 g/mol. The van der Waals surface area contributed by atoms with E-state index in [9.17, 15) is 10.1 Å². The van der Waals surface area contributed by atoms with Gasteiger partial charge in [0, 0.05) is 28.0 Å². The molecule has 1 N–H and O–H groups in total. The number of anilines is 2. The Labute approximate surface area is 196 Å². The second-order valence-electron chi connectivity index (χ2n) is 9.25. The van der Waals surface area contributed by atoms with Crippen molar-refractivity contribution in [1.82, 2.24) is 0 Å². The number of carbonyl (C=O) groups is 1. The zero-order valence-corrected chi connectivity index (χ0v) is 20.6. The van der Waals surface area contributed by atoms with E-state index in [1.54, 1.807) is 18.2 Å². The molecule has 0 bridgehead atoms. The predicted molar refractivity (Wildman–Crippen MR) is 135 cm³/mol. The van der Waals surface area contributed by atoms with Crippen LogP contribution in [0.1, 0.15) is 56.9 Å². The van der Waals surface area contributed by atoms with Gasteiger partial charge in [-0.1, -0.05) is 23.7 Å². The second-order valence-corrected chi connectivity index (χ2v) is 9.69. The average Bonchev–Trinajstić information content (AvgIpc) is 2.68. The minimum absolute atomic E-state index is 0.0471. The van der Waals surface area contributed by atoms with Crippen molar-refractivity contribution < 1.29 is 4.79 Å². The minimum Gasteiger partial charge on any atom is -0.360 e. The summed E-state index contributed by atoms with van der Waals surface area (Å²) in [4.78, 5) is 15.3.